The van der Waals surface area contributed by atoms with Gasteiger partial charge in [0.1, 0.15) is 5.69 Å². The Balaban J connectivity index is 2.39. The van der Waals surface area contributed by atoms with Crippen molar-refractivity contribution in [3.63, 3.8) is 0 Å². The number of nitrogens with zero attached hydrogens (tertiary/aromatic N) is 2. The SMILES string of the molecule is COCCn1ncc(Br)c1C(=O)c1cc(Cl)cc(Cl)c1. The van der Waals surface area contributed by atoms with E-state index in [2.05, 4.69) is 21.0 Å². The second-order valence-corrected chi connectivity index (χ2v) is 5.77. The van der Waals surface area contributed by atoms with Crippen molar-refractivity contribution in [2.75, 3.05) is 13.7 Å². The molecule has 4 nitrogen and oxygen atoms in total. The number of carbonyl (C=O) groups is 1. The average Bonchev–Trinajstić information content (AvgIpc) is 2.75. The van der Waals surface area contributed by atoms with E-state index in [1.54, 1.807) is 36.2 Å². The van der Waals surface area contributed by atoms with E-state index in [1.807, 2.05) is 0 Å². The molecule has 20 heavy (non-hydrogen) atoms. The molecule has 1 aromatic carbocycles. The Morgan fingerprint density at radius 3 is 2.60 bits per heavy atom. The van der Waals surface area contributed by atoms with Crippen LogP contribution < -0.4 is 0 Å². The fourth-order valence-corrected chi connectivity index (χ4v) is 2.76. The Hall–Kier alpha value is -0.880. The quantitative estimate of drug-likeness (QED) is 0.743. The lowest BCUT2D eigenvalue weighted by atomic mass is 10.1. The molecule has 2 rings (SSSR count). The van der Waals surface area contributed by atoms with E-state index in [9.17, 15) is 4.79 Å². The molecule has 2 aromatic rings. The van der Waals surface area contributed by atoms with E-state index < -0.39 is 0 Å². The number of ether oxygens (including phenoxy) is 1. The van der Waals surface area contributed by atoms with Gasteiger partial charge in [0.25, 0.3) is 0 Å². The van der Waals surface area contributed by atoms with Crippen molar-refractivity contribution in [1.29, 1.82) is 0 Å². The molecule has 0 aliphatic heterocycles. The van der Waals surface area contributed by atoms with Crippen LogP contribution in [0.3, 0.4) is 0 Å². The number of aromatic nitrogens is 2. The summed E-state index contributed by atoms with van der Waals surface area (Å²) < 4.78 is 7.21. The van der Waals surface area contributed by atoms with Crippen LogP contribution in [-0.2, 0) is 11.3 Å². The molecule has 0 spiro atoms. The molecule has 0 aliphatic carbocycles. The predicted octanol–water partition coefficient (Wildman–Crippen LogP) is 3.83. The Bertz CT molecular complexity index is 623. The lowest BCUT2D eigenvalue weighted by molar-refractivity contribution is 0.102. The Morgan fingerprint density at radius 2 is 2.00 bits per heavy atom. The van der Waals surface area contributed by atoms with Crippen LogP contribution in [0, 0.1) is 0 Å². The van der Waals surface area contributed by atoms with E-state index in [0.717, 1.165) is 0 Å². The highest BCUT2D eigenvalue weighted by atomic mass is 79.9. The number of halogens is 3. The Kier molecular flexibility index (Phi) is 5.21. The van der Waals surface area contributed by atoms with Gasteiger partial charge in [-0.05, 0) is 34.1 Å². The largest absolute Gasteiger partial charge is 0.383 e. The standard InChI is InChI=1S/C13H11BrCl2N2O2/c1-20-3-2-18-12(11(14)7-17-18)13(19)8-4-9(15)6-10(16)5-8/h4-7H,2-3H2,1H3. The molecule has 0 saturated heterocycles. The van der Waals surface area contributed by atoms with Gasteiger partial charge >= 0.3 is 0 Å². The molecule has 0 radical (unpaired) electrons. The topological polar surface area (TPSA) is 44.1 Å². The number of hydrogen-bond donors (Lipinski definition) is 0. The number of ketones is 1. The van der Waals surface area contributed by atoms with Crippen molar-refractivity contribution in [3.05, 3.63) is 50.2 Å². The summed E-state index contributed by atoms with van der Waals surface area (Å²) in [5, 5.41) is 4.98. The van der Waals surface area contributed by atoms with Gasteiger partial charge in [0, 0.05) is 22.7 Å². The molecular weight excluding hydrogens is 367 g/mol. The minimum absolute atomic E-state index is 0.199. The minimum Gasteiger partial charge on any atom is -0.383 e. The molecule has 0 aliphatic rings. The summed E-state index contributed by atoms with van der Waals surface area (Å²) in [6.45, 7) is 0.947. The van der Waals surface area contributed by atoms with Gasteiger partial charge in [0.15, 0.2) is 0 Å². The summed E-state index contributed by atoms with van der Waals surface area (Å²) in [5.74, 6) is -0.199. The monoisotopic (exact) mass is 376 g/mol. The third-order valence-corrected chi connectivity index (χ3v) is 3.66. The highest BCUT2D eigenvalue weighted by Gasteiger charge is 2.19. The molecule has 0 N–H and O–H groups in total. The van der Waals surface area contributed by atoms with Gasteiger partial charge in [0.05, 0.1) is 23.8 Å². The van der Waals surface area contributed by atoms with E-state index >= 15 is 0 Å². The molecule has 0 fully saturated rings. The zero-order chi connectivity index (χ0) is 14.7. The van der Waals surface area contributed by atoms with Crippen LogP contribution in [0.5, 0.6) is 0 Å². The number of benzene rings is 1. The van der Waals surface area contributed by atoms with Crippen LogP contribution in [-0.4, -0.2) is 29.3 Å². The third-order valence-electron chi connectivity index (χ3n) is 2.64. The fraction of sp³-hybridized carbons (Fsp3) is 0.231. The zero-order valence-corrected chi connectivity index (χ0v) is 13.7. The van der Waals surface area contributed by atoms with Crippen LogP contribution in [0.1, 0.15) is 16.1 Å². The maximum Gasteiger partial charge on any atom is 0.212 e. The second-order valence-electron chi connectivity index (χ2n) is 4.04. The van der Waals surface area contributed by atoms with Crippen LogP contribution in [0.15, 0.2) is 28.9 Å². The summed E-state index contributed by atoms with van der Waals surface area (Å²) >= 11 is 15.2. The molecule has 0 bridgehead atoms. The number of methoxy groups -OCH3 is 1. The van der Waals surface area contributed by atoms with Crippen molar-refractivity contribution >= 4 is 44.9 Å². The van der Waals surface area contributed by atoms with Crippen molar-refractivity contribution in [2.45, 2.75) is 6.54 Å². The Morgan fingerprint density at radius 1 is 1.35 bits per heavy atom. The molecule has 106 valence electrons. The molecule has 1 heterocycles. The van der Waals surface area contributed by atoms with Crippen molar-refractivity contribution in [2.24, 2.45) is 0 Å². The first-order chi connectivity index (χ1) is 9.52. The minimum atomic E-state index is -0.199. The second kappa shape index (κ2) is 6.72. The molecule has 0 amide bonds. The van der Waals surface area contributed by atoms with Gasteiger partial charge in [-0.2, -0.15) is 5.10 Å². The number of rotatable bonds is 5. The first kappa shape index (κ1) is 15.5. The summed E-state index contributed by atoms with van der Waals surface area (Å²) in [6, 6.07) is 4.74. The number of carbonyl (C=O) groups excluding carboxylic acids is 1. The van der Waals surface area contributed by atoms with E-state index in [0.29, 0.717) is 38.9 Å². The molecule has 0 atom stereocenters. The zero-order valence-electron chi connectivity index (χ0n) is 10.6. The van der Waals surface area contributed by atoms with Gasteiger partial charge in [-0.1, -0.05) is 23.2 Å². The van der Waals surface area contributed by atoms with E-state index in [4.69, 9.17) is 27.9 Å². The normalized spacial score (nSPS) is 10.8. The lowest BCUT2D eigenvalue weighted by Gasteiger charge is -2.07. The highest BCUT2D eigenvalue weighted by molar-refractivity contribution is 9.10. The van der Waals surface area contributed by atoms with Gasteiger partial charge < -0.3 is 4.74 Å². The van der Waals surface area contributed by atoms with Gasteiger partial charge in [-0.25, -0.2) is 0 Å². The number of hydrogen-bond acceptors (Lipinski definition) is 3. The average molecular weight is 378 g/mol. The van der Waals surface area contributed by atoms with Crippen molar-refractivity contribution < 1.29 is 9.53 Å². The van der Waals surface area contributed by atoms with Crippen molar-refractivity contribution in [1.82, 2.24) is 9.78 Å². The van der Waals surface area contributed by atoms with Crippen LogP contribution in [0.2, 0.25) is 10.0 Å². The molecule has 0 unspecified atom stereocenters. The maximum atomic E-state index is 12.6. The fourth-order valence-electron chi connectivity index (χ4n) is 1.76. The first-order valence-electron chi connectivity index (χ1n) is 5.74. The van der Waals surface area contributed by atoms with E-state index in [-0.39, 0.29) is 5.78 Å². The van der Waals surface area contributed by atoms with Crippen LogP contribution in [0.25, 0.3) is 0 Å². The highest BCUT2D eigenvalue weighted by Crippen LogP contribution is 2.24. The molecular formula is C13H11BrCl2N2O2. The van der Waals surface area contributed by atoms with Gasteiger partial charge in [0.2, 0.25) is 5.78 Å². The molecule has 0 saturated carbocycles. The van der Waals surface area contributed by atoms with Crippen LogP contribution in [0.4, 0.5) is 0 Å². The van der Waals surface area contributed by atoms with Crippen molar-refractivity contribution in [3.8, 4) is 0 Å². The summed E-state index contributed by atoms with van der Waals surface area (Å²) in [7, 11) is 1.59. The smallest absolute Gasteiger partial charge is 0.212 e. The van der Waals surface area contributed by atoms with E-state index in [1.165, 1.54) is 0 Å². The van der Waals surface area contributed by atoms with Gasteiger partial charge in [-0.3, -0.25) is 9.48 Å². The molecule has 7 heteroatoms. The summed E-state index contributed by atoms with van der Waals surface area (Å²) in [4.78, 5) is 12.6. The third kappa shape index (κ3) is 3.41. The van der Waals surface area contributed by atoms with Gasteiger partial charge in [-0.15, -0.1) is 0 Å². The Labute approximate surface area is 134 Å². The maximum absolute atomic E-state index is 12.6. The summed E-state index contributed by atoms with van der Waals surface area (Å²) in [5.41, 5.74) is 0.864. The first-order valence-corrected chi connectivity index (χ1v) is 7.29. The lowest BCUT2D eigenvalue weighted by Crippen LogP contribution is -2.14. The van der Waals surface area contributed by atoms with Crippen LogP contribution >= 0.6 is 39.1 Å². The molecule has 1 aromatic heterocycles. The summed E-state index contributed by atoms with van der Waals surface area (Å²) in [6.07, 6.45) is 1.58. The predicted molar refractivity (Wildman–Crippen MR) is 81.7 cm³/mol.